The number of aromatic nitrogens is 1. The van der Waals surface area contributed by atoms with Gasteiger partial charge in [0.15, 0.2) is 0 Å². The van der Waals surface area contributed by atoms with Crippen molar-refractivity contribution < 1.29 is 14.0 Å². The van der Waals surface area contributed by atoms with Gasteiger partial charge in [-0.1, -0.05) is 22.0 Å². The van der Waals surface area contributed by atoms with Gasteiger partial charge < -0.3 is 24.1 Å². The van der Waals surface area contributed by atoms with Gasteiger partial charge in [-0.05, 0) is 48.5 Å². The molecule has 162 valence electrons. The SMILES string of the molecule is C=CCN(CC(=O)N(Cc1ccco1)Cc1cccn1C)C(=O)Nc1ccc(Br)cc1. The molecule has 3 aromatic rings. The first-order valence-corrected chi connectivity index (χ1v) is 10.6. The number of furan rings is 1. The largest absolute Gasteiger partial charge is 0.467 e. The van der Waals surface area contributed by atoms with Gasteiger partial charge in [0.25, 0.3) is 0 Å². The van der Waals surface area contributed by atoms with Crippen LogP contribution in [0.1, 0.15) is 11.5 Å². The summed E-state index contributed by atoms with van der Waals surface area (Å²) in [5, 5.41) is 2.82. The molecule has 0 aliphatic rings. The number of hydrogen-bond donors (Lipinski definition) is 1. The summed E-state index contributed by atoms with van der Waals surface area (Å²) in [6.07, 6.45) is 5.11. The topological polar surface area (TPSA) is 70.7 Å². The fourth-order valence-corrected chi connectivity index (χ4v) is 3.32. The molecule has 0 saturated heterocycles. The van der Waals surface area contributed by atoms with Crippen LogP contribution in [0.2, 0.25) is 0 Å². The van der Waals surface area contributed by atoms with Crippen LogP contribution in [0, 0.1) is 0 Å². The lowest BCUT2D eigenvalue weighted by atomic mass is 10.3. The Kier molecular flexibility index (Phi) is 7.72. The molecule has 0 atom stereocenters. The molecule has 3 amide bonds. The van der Waals surface area contributed by atoms with E-state index in [2.05, 4.69) is 27.8 Å². The predicted octanol–water partition coefficient (Wildman–Crippen LogP) is 4.63. The van der Waals surface area contributed by atoms with Crippen molar-refractivity contribution in [2.24, 2.45) is 7.05 Å². The molecule has 2 heterocycles. The smallest absolute Gasteiger partial charge is 0.322 e. The van der Waals surface area contributed by atoms with E-state index in [-0.39, 0.29) is 25.0 Å². The highest BCUT2D eigenvalue weighted by molar-refractivity contribution is 9.10. The maximum Gasteiger partial charge on any atom is 0.322 e. The summed E-state index contributed by atoms with van der Waals surface area (Å²) >= 11 is 3.37. The van der Waals surface area contributed by atoms with Gasteiger partial charge in [0.2, 0.25) is 5.91 Å². The van der Waals surface area contributed by atoms with Crippen LogP contribution in [0.4, 0.5) is 10.5 Å². The molecule has 2 aromatic heterocycles. The van der Waals surface area contributed by atoms with E-state index in [1.165, 1.54) is 4.90 Å². The van der Waals surface area contributed by atoms with Gasteiger partial charge in [0, 0.05) is 35.6 Å². The van der Waals surface area contributed by atoms with Crippen molar-refractivity contribution in [3.05, 3.63) is 89.6 Å². The molecule has 0 spiro atoms. The molecule has 31 heavy (non-hydrogen) atoms. The molecule has 1 aromatic carbocycles. The van der Waals surface area contributed by atoms with Gasteiger partial charge >= 0.3 is 6.03 Å². The van der Waals surface area contributed by atoms with E-state index in [0.29, 0.717) is 24.5 Å². The molecule has 0 fully saturated rings. The lowest BCUT2D eigenvalue weighted by Crippen LogP contribution is -2.44. The number of nitrogens with zero attached hydrogens (tertiary/aromatic N) is 3. The molecule has 7 nitrogen and oxygen atoms in total. The fraction of sp³-hybridized carbons (Fsp3) is 0.217. The van der Waals surface area contributed by atoms with Crippen LogP contribution in [0.3, 0.4) is 0 Å². The highest BCUT2D eigenvalue weighted by atomic mass is 79.9. The number of urea groups is 1. The fourth-order valence-electron chi connectivity index (χ4n) is 3.05. The zero-order chi connectivity index (χ0) is 22.2. The average molecular weight is 485 g/mol. The second-order valence-corrected chi connectivity index (χ2v) is 7.96. The van der Waals surface area contributed by atoms with Crippen LogP contribution in [0.15, 0.2) is 82.5 Å². The number of aryl methyl sites for hydroxylation is 1. The second kappa shape index (κ2) is 10.7. The minimum Gasteiger partial charge on any atom is -0.467 e. The van der Waals surface area contributed by atoms with Crippen LogP contribution >= 0.6 is 15.9 Å². The van der Waals surface area contributed by atoms with Gasteiger partial charge in [-0.25, -0.2) is 4.79 Å². The Morgan fingerprint density at radius 3 is 2.52 bits per heavy atom. The quantitative estimate of drug-likeness (QED) is 0.450. The molecule has 0 saturated carbocycles. The minimum absolute atomic E-state index is 0.0838. The highest BCUT2D eigenvalue weighted by Crippen LogP contribution is 2.15. The van der Waals surface area contributed by atoms with Crippen molar-refractivity contribution in [2.75, 3.05) is 18.4 Å². The van der Waals surface area contributed by atoms with Crippen LogP contribution in [0.5, 0.6) is 0 Å². The molecule has 0 unspecified atom stereocenters. The van der Waals surface area contributed by atoms with Crippen LogP contribution in [-0.2, 0) is 24.9 Å². The zero-order valence-electron chi connectivity index (χ0n) is 17.3. The number of carbonyl (C=O) groups excluding carboxylic acids is 2. The van der Waals surface area contributed by atoms with Gasteiger partial charge in [0.05, 0.1) is 19.4 Å². The Labute approximate surface area is 190 Å². The summed E-state index contributed by atoms with van der Waals surface area (Å²) in [6.45, 7) is 4.59. The van der Waals surface area contributed by atoms with Gasteiger partial charge in [-0.3, -0.25) is 4.79 Å². The Morgan fingerprint density at radius 2 is 1.90 bits per heavy atom. The number of benzene rings is 1. The Morgan fingerprint density at radius 1 is 1.13 bits per heavy atom. The molecule has 0 radical (unpaired) electrons. The number of halogens is 1. The maximum atomic E-state index is 13.2. The Balaban J connectivity index is 1.72. The summed E-state index contributed by atoms with van der Waals surface area (Å²) in [6, 6.07) is 14.4. The Hall–Kier alpha value is -3.26. The first kappa shape index (κ1) is 22.4. The monoisotopic (exact) mass is 484 g/mol. The third kappa shape index (κ3) is 6.36. The van der Waals surface area contributed by atoms with Crippen molar-refractivity contribution in [1.29, 1.82) is 0 Å². The molecular formula is C23H25BrN4O3. The number of anilines is 1. The van der Waals surface area contributed by atoms with E-state index < -0.39 is 0 Å². The summed E-state index contributed by atoms with van der Waals surface area (Å²) in [5.41, 5.74) is 1.63. The van der Waals surface area contributed by atoms with Crippen molar-refractivity contribution in [3.63, 3.8) is 0 Å². The third-order valence-corrected chi connectivity index (χ3v) is 5.27. The molecule has 8 heteroatoms. The molecule has 0 aliphatic carbocycles. The lowest BCUT2D eigenvalue weighted by Gasteiger charge is -2.27. The van der Waals surface area contributed by atoms with Crippen LogP contribution in [0.25, 0.3) is 0 Å². The number of nitrogens with one attached hydrogen (secondary N) is 1. The van der Waals surface area contributed by atoms with E-state index in [1.54, 1.807) is 35.4 Å². The first-order chi connectivity index (χ1) is 15.0. The van der Waals surface area contributed by atoms with E-state index in [9.17, 15) is 9.59 Å². The Bertz CT molecular complexity index is 1010. The van der Waals surface area contributed by atoms with Crippen molar-refractivity contribution in [2.45, 2.75) is 13.1 Å². The van der Waals surface area contributed by atoms with E-state index in [1.807, 2.05) is 48.1 Å². The standard InChI is InChI=1S/C23H25BrN4O3/c1-3-12-27(23(30)25-19-10-8-18(24)9-11-19)17-22(29)28(16-21-7-5-14-31-21)15-20-6-4-13-26(20)2/h3-11,13-14H,1,12,15-17H2,2H3,(H,25,30). The number of carbonyl (C=O) groups is 2. The first-order valence-electron chi connectivity index (χ1n) is 9.79. The molecule has 0 aliphatic heterocycles. The van der Waals surface area contributed by atoms with Crippen molar-refractivity contribution >= 4 is 33.6 Å². The van der Waals surface area contributed by atoms with Crippen LogP contribution in [-0.4, -0.2) is 39.4 Å². The van der Waals surface area contributed by atoms with Gasteiger partial charge in [-0.2, -0.15) is 0 Å². The van der Waals surface area contributed by atoms with E-state index in [4.69, 9.17) is 4.42 Å². The highest BCUT2D eigenvalue weighted by Gasteiger charge is 2.22. The minimum atomic E-state index is -0.368. The van der Waals surface area contributed by atoms with Crippen LogP contribution < -0.4 is 5.32 Å². The number of hydrogen-bond acceptors (Lipinski definition) is 3. The summed E-state index contributed by atoms with van der Waals surface area (Å²) in [4.78, 5) is 29.1. The van der Waals surface area contributed by atoms with Gasteiger partial charge in [-0.15, -0.1) is 6.58 Å². The van der Waals surface area contributed by atoms with E-state index in [0.717, 1.165) is 10.2 Å². The number of amides is 3. The third-order valence-electron chi connectivity index (χ3n) is 4.74. The molecule has 0 bridgehead atoms. The predicted molar refractivity (Wildman–Crippen MR) is 123 cm³/mol. The molecule has 1 N–H and O–H groups in total. The molecule has 3 rings (SSSR count). The molecular weight excluding hydrogens is 460 g/mol. The van der Waals surface area contributed by atoms with Gasteiger partial charge in [0.1, 0.15) is 12.3 Å². The average Bonchev–Trinajstić information content (AvgIpc) is 3.40. The normalized spacial score (nSPS) is 10.5. The number of rotatable bonds is 9. The van der Waals surface area contributed by atoms with Crippen molar-refractivity contribution in [1.82, 2.24) is 14.4 Å². The maximum absolute atomic E-state index is 13.2. The van der Waals surface area contributed by atoms with E-state index >= 15 is 0 Å². The summed E-state index contributed by atoms with van der Waals surface area (Å²) in [5.74, 6) is 0.488. The summed E-state index contributed by atoms with van der Waals surface area (Å²) in [7, 11) is 1.93. The van der Waals surface area contributed by atoms with Crippen molar-refractivity contribution in [3.8, 4) is 0 Å². The second-order valence-electron chi connectivity index (χ2n) is 7.05. The zero-order valence-corrected chi connectivity index (χ0v) is 18.9. The summed E-state index contributed by atoms with van der Waals surface area (Å²) < 4.78 is 8.32. The lowest BCUT2D eigenvalue weighted by molar-refractivity contribution is -0.133.